The van der Waals surface area contributed by atoms with Crippen molar-refractivity contribution in [2.45, 2.75) is 24.9 Å². The predicted octanol–water partition coefficient (Wildman–Crippen LogP) is 1.03. The van der Waals surface area contributed by atoms with E-state index >= 15 is 0 Å². The Morgan fingerprint density at radius 2 is 2.41 bits per heavy atom. The van der Waals surface area contributed by atoms with Crippen LogP contribution in [0.1, 0.15) is 24.4 Å². The van der Waals surface area contributed by atoms with Crippen molar-refractivity contribution in [2.75, 3.05) is 5.73 Å². The number of nitrogens with two attached hydrogens (primary N) is 1. The van der Waals surface area contributed by atoms with Crippen molar-refractivity contribution in [3.05, 3.63) is 34.5 Å². The molecule has 92 valence electrons. The van der Waals surface area contributed by atoms with Crippen LogP contribution in [0.3, 0.4) is 0 Å². The van der Waals surface area contributed by atoms with Gasteiger partial charge in [-0.15, -0.1) is 0 Å². The monoisotopic (exact) mass is 348 g/mol. The van der Waals surface area contributed by atoms with Crippen LogP contribution >= 0.6 is 23.0 Å². The fraction of sp³-hybridized carbons (Fsp3) is 0.400. The summed E-state index contributed by atoms with van der Waals surface area (Å²) in [7, 11) is 0. The highest BCUT2D eigenvalue weighted by atomic mass is 127. The van der Waals surface area contributed by atoms with E-state index in [4.69, 9.17) is 8.80 Å². The third-order valence-electron chi connectivity index (χ3n) is 2.77. The molecule has 0 aromatic carbocycles. The van der Waals surface area contributed by atoms with Crippen molar-refractivity contribution in [3.8, 4) is 0 Å². The maximum atomic E-state index is 11.7. The van der Waals surface area contributed by atoms with Gasteiger partial charge in [0.15, 0.2) is 29.0 Å². The molecule has 1 fully saturated rings. The number of nitrogens with one attached hydrogen (secondary N) is 2. The highest BCUT2D eigenvalue weighted by molar-refractivity contribution is 14.1. The van der Waals surface area contributed by atoms with Crippen LogP contribution in [0.15, 0.2) is 23.3 Å². The number of aromatic nitrogens is 2. The molecular weight excluding hydrogens is 335 g/mol. The lowest BCUT2D eigenvalue weighted by molar-refractivity contribution is 0.586. The second-order valence-electron chi connectivity index (χ2n) is 3.87. The average molecular weight is 348 g/mol. The van der Waals surface area contributed by atoms with E-state index < -0.39 is 0 Å². The molecule has 1 aliphatic heterocycles. The zero-order valence-corrected chi connectivity index (χ0v) is 11.2. The minimum absolute atomic E-state index is 0.0238. The van der Waals surface area contributed by atoms with Gasteiger partial charge in [0, 0.05) is 18.3 Å². The first-order valence-electron chi connectivity index (χ1n) is 5.25. The molecule has 1 aromatic heterocycles. The third kappa shape index (κ3) is 2.97. The Balaban J connectivity index is 2.10. The van der Waals surface area contributed by atoms with E-state index in [1.807, 2.05) is 6.08 Å². The van der Waals surface area contributed by atoms with Crippen molar-refractivity contribution >= 4 is 29.0 Å². The highest BCUT2D eigenvalue weighted by Crippen LogP contribution is 2.24. The van der Waals surface area contributed by atoms with Gasteiger partial charge in [-0.25, -0.2) is 4.98 Å². The summed E-state index contributed by atoms with van der Waals surface area (Å²) in [6, 6.07) is 0.252. The van der Waals surface area contributed by atoms with Gasteiger partial charge in [-0.3, -0.25) is 9.78 Å². The molecule has 0 spiro atoms. The number of nitrogens with zero attached hydrogens (tertiary/aromatic N) is 1. The Bertz CT molecular complexity index is 474. The molecule has 2 atom stereocenters. The Kier molecular flexibility index (Phi) is 4.00. The van der Waals surface area contributed by atoms with Crippen LogP contribution in [0, 0.1) is 0 Å². The summed E-state index contributed by atoms with van der Waals surface area (Å²) in [5.74, 6) is 0.145. The first-order chi connectivity index (χ1) is 8.20. The zero-order chi connectivity index (χ0) is 12.3. The lowest BCUT2D eigenvalue weighted by atomic mass is 10.1. The van der Waals surface area contributed by atoms with Gasteiger partial charge in [-0.05, 0) is 18.9 Å². The van der Waals surface area contributed by atoms with E-state index in [2.05, 4.69) is 15.3 Å². The van der Waals surface area contributed by atoms with E-state index in [-0.39, 0.29) is 23.6 Å². The van der Waals surface area contributed by atoms with Crippen molar-refractivity contribution in [1.82, 2.24) is 15.3 Å². The molecule has 2 unspecified atom stereocenters. The fourth-order valence-electron chi connectivity index (χ4n) is 1.96. The Morgan fingerprint density at radius 1 is 1.59 bits per heavy atom. The Hall–Kier alpha value is -1.09. The molecule has 1 aromatic rings. The normalized spacial score (nSPS) is 24.3. The summed E-state index contributed by atoms with van der Waals surface area (Å²) in [5, 5.41) is 3.33. The SMILES string of the molecule is Nc1ncc(C2CCC(C=COI)N2)c(=O)[nH]1. The molecule has 17 heavy (non-hydrogen) atoms. The van der Waals surface area contributed by atoms with E-state index in [9.17, 15) is 4.79 Å². The Labute approximate surface area is 112 Å². The molecule has 7 heteroatoms. The van der Waals surface area contributed by atoms with Gasteiger partial charge in [0.1, 0.15) is 0 Å². The molecule has 0 amide bonds. The third-order valence-corrected chi connectivity index (χ3v) is 3.06. The molecule has 1 aliphatic rings. The lowest BCUT2D eigenvalue weighted by Crippen LogP contribution is -2.27. The molecule has 0 saturated carbocycles. The highest BCUT2D eigenvalue weighted by Gasteiger charge is 2.25. The quantitative estimate of drug-likeness (QED) is 0.560. The van der Waals surface area contributed by atoms with Crippen molar-refractivity contribution in [1.29, 1.82) is 0 Å². The molecular formula is C10H13IN4O2. The summed E-state index contributed by atoms with van der Waals surface area (Å²) < 4.78 is 4.84. The number of hydrogen-bond donors (Lipinski definition) is 3. The standard InChI is InChI=1S/C10H13IN4O2/c11-17-4-3-6-1-2-8(14-6)7-5-13-10(12)15-9(7)16/h3-6,8,14H,1-2H2,(H3,12,13,15,16). The van der Waals surface area contributed by atoms with Crippen LogP contribution in [0.25, 0.3) is 0 Å². The molecule has 0 bridgehead atoms. The van der Waals surface area contributed by atoms with Crippen molar-refractivity contribution < 1.29 is 3.07 Å². The summed E-state index contributed by atoms with van der Waals surface area (Å²) in [6.45, 7) is 0. The topological polar surface area (TPSA) is 93.0 Å². The van der Waals surface area contributed by atoms with Crippen LogP contribution in [0.2, 0.25) is 0 Å². The zero-order valence-electron chi connectivity index (χ0n) is 9.02. The molecule has 0 radical (unpaired) electrons. The second kappa shape index (κ2) is 5.50. The average Bonchev–Trinajstić information content (AvgIpc) is 2.75. The number of H-pyrrole nitrogens is 1. The van der Waals surface area contributed by atoms with Crippen molar-refractivity contribution in [2.24, 2.45) is 0 Å². The summed E-state index contributed by atoms with van der Waals surface area (Å²) in [6.07, 6.45) is 6.96. The van der Waals surface area contributed by atoms with Gasteiger partial charge in [0.05, 0.1) is 11.8 Å². The first kappa shape index (κ1) is 12.4. The van der Waals surface area contributed by atoms with E-state index in [0.717, 1.165) is 12.8 Å². The molecule has 4 N–H and O–H groups in total. The fourth-order valence-corrected chi connectivity index (χ4v) is 2.13. The molecule has 2 heterocycles. The van der Waals surface area contributed by atoms with Gasteiger partial charge in [-0.1, -0.05) is 0 Å². The number of nitrogen functional groups attached to an aromatic ring is 1. The van der Waals surface area contributed by atoms with E-state index in [1.165, 1.54) is 6.20 Å². The smallest absolute Gasteiger partial charge is 0.257 e. The van der Waals surface area contributed by atoms with E-state index in [0.29, 0.717) is 5.56 Å². The van der Waals surface area contributed by atoms with Gasteiger partial charge in [0.2, 0.25) is 0 Å². The maximum absolute atomic E-state index is 11.7. The maximum Gasteiger partial charge on any atom is 0.257 e. The molecule has 2 rings (SSSR count). The summed E-state index contributed by atoms with van der Waals surface area (Å²) >= 11 is 1.81. The first-order valence-corrected chi connectivity index (χ1v) is 6.13. The van der Waals surface area contributed by atoms with Gasteiger partial charge in [0.25, 0.3) is 5.56 Å². The number of rotatable bonds is 3. The van der Waals surface area contributed by atoms with Gasteiger partial charge >= 0.3 is 0 Å². The largest absolute Gasteiger partial charge is 0.436 e. The number of halogens is 1. The second-order valence-corrected chi connectivity index (χ2v) is 4.38. The number of anilines is 1. The summed E-state index contributed by atoms with van der Waals surface area (Å²) in [5.41, 5.74) is 5.86. The van der Waals surface area contributed by atoms with Gasteiger partial charge < -0.3 is 14.1 Å². The van der Waals surface area contributed by atoms with E-state index in [1.54, 1.807) is 29.3 Å². The minimum Gasteiger partial charge on any atom is -0.436 e. The van der Waals surface area contributed by atoms with Crippen LogP contribution in [-0.2, 0) is 3.07 Å². The molecule has 6 nitrogen and oxygen atoms in total. The number of aromatic amines is 1. The predicted molar refractivity (Wildman–Crippen MR) is 72.4 cm³/mol. The van der Waals surface area contributed by atoms with Crippen molar-refractivity contribution in [3.63, 3.8) is 0 Å². The molecule has 0 aliphatic carbocycles. The van der Waals surface area contributed by atoms with Gasteiger partial charge in [-0.2, -0.15) is 0 Å². The number of hydrogen-bond acceptors (Lipinski definition) is 5. The lowest BCUT2D eigenvalue weighted by Gasteiger charge is -2.10. The van der Waals surface area contributed by atoms with Crippen LogP contribution in [-0.4, -0.2) is 16.0 Å². The summed E-state index contributed by atoms with van der Waals surface area (Å²) in [4.78, 5) is 18.1. The van der Waals surface area contributed by atoms with Crippen LogP contribution in [0.4, 0.5) is 5.95 Å². The van der Waals surface area contributed by atoms with Crippen LogP contribution in [0.5, 0.6) is 0 Å². The Morgan fingerprint density at radius 3 is 3.12 bits per heavy atom. The molecule has 1 saturated heterocycles. The minimum atomic E-state index is -0.176. The van der Waals surface area contributed by atoms with Crippen LogP contribution < -0.4 is 16.6 Å².